The van der Waals surface area contributed by atoms with Crippen LogP contribution in [0.25, 0.3) is 0 Å². The molecule has 4 heteroatoms. The van der Waals surface area contributed by atoms with Crippen LogP contribution < -0.4 is 5.73 Å². The Morgan fingerprint density at radius 3 is 2.88 bits per heavy atom. The summed E-state index contributed by atoms with van der Waals surface area (Å²) in [6, 6.07) is 2.59. The topological polar surface area (TPSA) is 64.1 Å². The molecule has 17 heavy (non-hydrogen) atoms. The Kier molecular flexibility index (Phi) is 3.84. The number of rotatable bonds is 5. The van der Waals surface area contributed by atoms with Gasteiger partial charge in [-0.3, -0.25) is 4.68 Å². The van der Waals surface area contributed by atoms with Gasteiger partial charge in [0.25, 0.3) is 0 Å². The molecular weight excluding hydrogens is 214 g/mol. The smallest absolute Gasteiger partial charge is 0.0687 e. The fourth-order valence-electron chi connectivity index (χ4n) is 2.63. The molecule has 1 fully saturated rings. The minimum absolute atomic E-state index is 0.510. The lowest BCUT2D eigenvalue weighted by molar-refractivity contribution is 0.0527. The number of nitrogens with two attached hydrogens (primary N) is 1. The molecule has 0 aromatic carbocycles. The summed E-state index contributed by atoms with van der Waals surface area (Å²) < 4.78 is 2.07. The summed E-state index contributed by atoms with van der Waals surface area (Å²) >= 11 is 0. The number of aromatic nitrogens is 2. The fraction of sp³-hybridized carbons (Fsp3) is 0.769. The van der Waals surface area contributed by atoms with Crippen LogP contribution in [0.4, 0.5) is 0 Å². The molecule has 1 saturated carbocycles. The van der Waals surface area contributed by atoms with Gasteiger partial charge in [0.1, 0.15) is 0 Å². The van der Waals surface area contributed by atoms with Gasteiger partial charge in [-0.25, -0.2) is 0 Å². The molecule has 1 heterocycles. The molecular formula is C13H23N3O. The largest absolute Gasteiger partial charge is 0.390 e. The first-order valence-electron chi connectivity index (χ1n) is 6.57. The van der Waals surface area contributed by atoms with E-state index in [-0.39, 0.29) is 0 Å². The van der Waals surface area contributed by atoms with Crippen LogP contribution in [0.5, 0.6) is 0 Å². The van der Waals surface area contributed by atoms with Crippen molar-refractivity contribution in [1.29, 1.82) is 0 Å². The van der Waals surface area contributed by atoms with Crippen molar-refractivity contribution in [3.8, 4) is 0 Å². The van der Waals surface area contributed by atoms with Gasteiger partial charge in [-0.05, 0) is 38.8 Å². The average Bonchev–Trinajstić information content (AvgIpc) is 2.85. The Morgan fingerprint density at radius 1 is 1.53 bits per heavy atom. The molecule has 0 radical (unpaired) electrons. The minimum Gasteiger partial charge on any atom is -0.390 e. The standard InChI is InChI=1S/C13H23N3O/c1-13(17,7-8-14)10-11-6-9-16(15-11)12-4-2-3-5-12/h6,9,12,17H,2-5,7-8,10,14H2,1H3. The fourth-order valence-corrected chi connectivity index (χ4v) is 2.63. The van der Waals surface area contributed by atoms with Crippen molar-refractivity contribution in [3.05, 3.63) is 18.0 Å². The predicted octanol–water partition coefficient (Wildman–Crippen LogP) is 1.64. The number of aliphatic hydroxyl groups is 1. The molecule has 1 aliphatic carbocycles. The SMILES string of the molecule is CC(O)(CCN)Cc1ccn(C2CCCC2)n1. The zero-order valence-corrected chi connectivity index (χ0v) is 10.6. The van der Waals surface area contributed by atoms with Crippen molar-refractivity contribution in [2.45, 2.75) is 57.1 Å². The molecule has 2 rings (SSSR count). The van der Waals surface area contributed by atoms with Crippen molar-refractivity contribution in [2.75, 3.05) is 6.54 Å². The van der Waals surface area contributed by atoms with Gasteiger partial charge in [0, 0.05) is 12.6 Å². The molecule has 1 aromatic rings. The Labute approximate surface area is 103 Å². The molecule has 4 nitrogen and oxygen atoms in total. The van der Waals surface area contributed by atoms with Gasteiger partial charge in [0.15, 0.2) is 0 Å². The van der Waals surface area contributed by atoms with Crippen LogP contribution in [0.2, 0.25) is 0 Å². The third kappa shape index (κ3) is 3.30. The van der Waals surface area contributed by atoms with Gasteiger partial charge in [-0.2, -0.15) is 5.10 Å². The van der Waals surface area contributed by atoms with E-state index >= 15 is 0 Å². The lowest BCUT2D eigenvalue weighted by Crippen LogP contribution is -2.30. The minimum atomic E-state index is -0.733. The first-order valence-corrected chi connectivity index (χ1v) is 6.57. The van der Waals surface area contributed by atoms with E-state index in [1.54, 1.807) is 0 Å². The molecule has 1 atom stereocenters. The zero-order valence-electron chi connectivity index (χ0n) is 10.6. The van der Waals surface area contributed by atoms with Crippen molar-refractivity contribution >= 4 is 0 Å². The van der Waals surface area contributed by atoms with E-state index in [1.807, 2.05) is 19.2 Å². The summed E-state index contributed by atoms with van der Waals surface area (Å²) in [6.45, 7) is 2.34. The quantitative estimate of drug-likeness (QED) is 0.818. The van der Waals surface area contributed by atoms with Crippen LogP contribution in [0.3, 0.4) is 0 Å². The maximum Gasteiger partial charge on any atom is 0.0687 e. The van der Waals surface area contributed by atoms with Crippen molar-refractivity contribution in [3.63, 3.8) is 0 Å². The van der Waals surface area contributed by atoms with E-state index in [4.69, 9.17) is 5.73 Å². The van der Waals surface area contributed by atoms with Gasteiger partial charge in [0.2, 0.25) is 0 Å². The summed E-state index contributed by atoms with van der Waals surface area (Å²) in [5.74, 6) is 0. The first kappa shape index (κ1) is 12.6. The van der Waals surface area contributed by atoms with Crippen LogP contribution in [-0.2, 0) is 6.42 Å². The highest BCUT2D eigenvalue weighted by Gasteiger charge is 2.22. The summed E-state index contributed by atoms with van der Waals surface area (Å²) in [5.41, 5.74) is 5.72. The van der Waals surface area contributed by atoms with E-state index in [0.717, 1.165) is 5.69 Å². The van der Waals surface area contributed by atoms with Crippen molar-refractivity contribution in [2.24, 2.45) is 5.73 Å². The summed E-state index contributed by atoms with van der Waals surface area (Å²) in [4.78, 5) is 0. The Balaban J connectivity index is 1.98. The second kappa shape index (κ2) is 5.19. The van der Waals surface area contributed by atoms with Crippen LogP contribution in [-0.4, -0.2) is 27.0 Å². The predicted molar refractivity (Wildman–Crippen MR) is 67.7 cm³/mol. The zero-order chi connectivity index (χ0) is 12.3. The van der Waals surface area contributed by atoms with Crippen LogP contribution in [0.1, 0.15) is 50.8 Å². The van der Waals surface area contributed by atoms with E-state index in [1.165, 1.54) is 25.7 Å². The molecule has 0 bridgehead atoms. The molecule has 1 aromatic heterocycles. The molecule has 96 valence electrons. The number of nitrogens with zero attached hydrogens (tertiary/aromatic N) is 2. The van der Waals surface area contributed by atoms with E-state index < -0.39 is 5.60 Å². The van der Waals surface area contributed by atoms with E-state index in [0.29, 0.717) is 25.4 Å². The highest BCUT2D eigenvalue weighted by atomic mass is 16.3. The second-order valence-electron chi connectivity index (χ2n) is 5.44. The molecule has 3 N–H and O–H groups in total. The summed E-state index contributed by atoms with van der Waals surface area (Å²) in [7, 11) is 0. The van der Waals surface area contributed by atoms with Crippen LogP contribution in [0.15, 0.2) is 12.3 Å². The molecule has 1 unspecified atom stereocenters. The van der Waals surface area contributed by atoms with E-state index in [9.17, 15) is 5.11 Å². The molecule has 0 amide bonds. The van der Waals surface area contributed by atoms with Gasteiger partial charge < -0.3 is 10.8 Å². The lowest BCUT2D eigenvalue weighted by Gasteiger charge is -2.21. The van der Waals surface area contributed by atoms with Crippen LogP contribution >= 0.6 is 0 Å². The number of hydrogen-bond acceptors (Lipinski definition) is 3. The monoisotopic (exact) mass is 237 g/mol. The Morgan fingerprint density at radius 2 is 2.24 bits per heavy atom. The maximum absolute atomic E-state index is 10.1. The summed E-state index contributed by atoms with van der Waals surface area (Å²) in [5, 5.41) is 14.7. The highest BCUT2D eigenvalue weighted by molar-refractivity contribution is 5.04. The van der Waals surface area contributed by atoms with Gasteiger partial charge in [-0.1, -0.05) is 12.8 Å². The maximum atomic E-state index is 10.1. The first-order chi connectivity index (χ1) is 8.11. The molecule has 0 saturated heterocycles. The molecule has 0 aliphatic heterocycles. The number of hydrogen-bond donors (Lipinski definition) is 2. The third-order valence-corrected chi connectivity index (χ3v) is 3.61. The van der Waals surface area contributed by atoms with Gasteiger partial charge in [-0.15, -0.1) is 0 Å². The highest BCUT2D eigenvalue weighted by Crippen LogP contribution is 2.29. The van der Waals surface area contributed by atoms with Crippen LogP contribution in [0, 0.1) is 0 Å². The third-order valence-electron chi connectivity index (χ3n) is 3.61. The van der Waals surface area contributed by atoms with Gasteiger partial charge in [0.05, 0.1) is 17.3 Å². The average molecular weight is 237 g/mol. The van der Waals surface area contributed by atoms with Gasteiger partial charge >= 0.3 is 0 Å². The second-order valence-corrected chi connectivity index (χ2v) is 5.44. The normalized spacial score (nSPS) is 20.6. The van der Waals surface area contributed by atoms with Crippen molar-refractivity contribution < 1.29 is 5.11 Å². The molecule has 0 spiro atoms. The molecule has 1 aliphatic rings. The Hall–Kier alpha value is -0.870. The summed E-state index contributed by atoms with van der Waals surface area (Å²) in [6.07, 6.45) is 8.34. The van der Waals surface area contributed by atoms with E-state index in [2.05, 4.69) is 9.78 Å². The van der Waals surface area contributed by atoms with Crippen molar-refractivity contribution in [1.82, 2.24) is 9.78 Å². The Bertz CT molecular complexity index is 353. The lowest BCUT2D eigenvalue weighted by atomic mass is 9.96.